The summed E-state index contributed by atoms with van der Waals surface area (Å²) in [6, 6.07) is 0. The van der Waals surface area contributed by atoms with Gasteiger partial charge in [-0.2, -0.15) is 0 Å². The van der Waals surface area contributed by atoms with Gasteiger partial charge in [0.1, 0.15) is 0 Å². The third-order valence-corrected chi connectivity index (χ3v) is 5.82. The lowest BCUT2D eigenvalue weighted by molar-refractivity contribution is 0.313. The number of hydrogen-bond acceptors (Lipinski definition) is 0. The first-order chi connectivity index (χ1) is 8.14. The van der Waals surface area contributed by atoms with Crippen molar-refractivity contribution in [2.24, 2.45) is 5.92 Å². The molecule has 0 spiro atoms. The van der Waals surface area contributed by atoms with Crippen molar-refractivity contribution in [2.75, 3.05) is 0 Å². The van der Waals surface area contributed by atoms with Gasteiger partial charge in [-0.3, -0.25) is 0 Å². The Morgan fingerprint density at radius 1 is 0.833 bits per heavy atom. The van der Waals surface area contributed by atoms with Crippen LogP contribution in [-0.2, 0) is 0 Å². The molecule has 2 unspecified atom stereocenters. The summed E-state index contributed by atoms with van der Waals surface area (Å²) in [7, 11) is 3.17. The van der Waals surface area contributed by atoms with E-state index in [2.05, 4.69) is 36.9 Å². The summed E-state index contributed by atoms with van der Waals surface area (Å²) in [5.41, 5.74) is 0. The Morgan fingerprint density at radius 2 is 1.33 bits per heavy atom. The molecule has 112 valence electrons. The van der Waals surface area contributed by atoms with E-state index in [0.717, 1.165) is 5.92 Å². The first-order valence-electron chi connectivity index (χ1n) is 7.93. The second-order valence-electron chi connectivity index (χ2n) is 5.60. The van der Waals surface area contributed by atoms with Crippen molar-refractivity contribution in [2.45, 2.75) is 97.1 Å². The molecule has 0 aromatic heterocycles. The fraction of sp³-hybridized carbons (Fsp3) is 1.00. The van der Waals surface area contributed by atoms with Crippen LogP contribution in [0, 0.1) is 5.92 Å². The first-order valence-corrected chi connectivity index (χ1v) is 8.51. The normalized spacial score (nSPS) is 13.2. The third kappa shape index (κ3) is 8.16. The maximum atomic E-state index is 3.17. The highest BCUT2D eigenvalue weighted by Gasteiger charge is 2.28. The summed E-state index contributed by atoms with van der Waals surface area (Å²) in [6.07, 6.45) is 14.0. The summed E-state index contributed by atoms with van der Waals surface area (Å²) in [4.78, 5) is 0. The van der Waals surface area contributed by atoms with Crippen LogP contribution in [0.4, 0.5) is 0 Å². The Hall–Kier alpha value is 0.910. The Morgan fingerprint density at radius 3 is 1.78 bits per heavy atom. The summed E-state index contributed by atoms with van der Waals surface area (Å²) < 4.78 is 0. The number of unbranched alkanes of at least 4 members (excludes halogenated alkanes) is 5. The molecule has 0 saturated carbocycles. The van der Waals surface area contributed by atoms with Crippen molar-refractivity contribution >= 4 is 26.2 Å². The Balaban J connectivity index is 0. The Labute approximate surface area is 129 Å². The molecule has 0 radical (unpaired) electrons. The number of hydrogen-bond donors (Lipinski definition) is 0. The topological polar surface area (TPSA) is 0 Å². The molecule has 0 fully saturated rings. The largest absolute Gasteiger partial charge is 0.131 e. The van der Waals surface area contributed by atoms with Crippen molar-refractivity contribution in [1.29, 1.82) is 0 Å². The fourth-order valence-corrected chi connectivity index (χ4v) is 3.30. The van der Waals surface area contributed by atoms with E-state index in [9.17, 15) is 0 Å². The smallest absolute Gasteiger partial charge is 0.0127 e. The molecule has 0 nitrogen and oxygen atoms in total. The summed E-state index contributed by atoms with van der Waals surface area (Å²) in [5.74, 6) is 0.911. The predicted octanol–water partition coefficient (Wildman–Crippen LogP) is 6.78. The molecule has 0 N–H and O–H groups in total. The number of rotatable bonds is 11. The molecular formula is C16H36BrP. The molecule has 0 aliphatic carbocycles. The minimum absolute atomic E-state index is 0. The monoisotopic (exact) mass is 338 g/mol. The van der Waals surface area contributed by atoms with Gasteiger partial charge in [0.25, 0.3) is 0 Å². The van der Waals surface area contributed by atoms with Gasteiger partial charge in [0.05, 0.1) is 0 Å². The van der Waals surface area contributed by atoms with Crippen molar-refractivity contribution in [3.05, 3.63) is 0 Å². The minimum atomic E-state index is 0. The molecule has 0 aliphatic heterocycles. The molecule has 2 atom stereocenters. The van der Waals surface area contributed by atoms with E-state index < -0.39 is 0 Å². The van der Waals surface area contributed by atoms with Crippen molar-refractivity contribution < 1.29 is 0 Å². The number of halogens is 1. The Kier molecular flexibility index (Phi) is 15.2. The zero-order valence-corrected chi connectivity index (χ0v) is 16.0. The molecule has 0 amide bonds. The Bertz CT molecular complexity index is 166. The zero-order valence-electron chi connectivity index (χ0n) is 13.1. The molecule has 2 heteroatoms. The highest BCUT2D eigenvalue weighted by molar-refractivity contribution is 8.93. The van der Waals surface area contributed by atoms with Crippen molar-refractivity contribution in [3.63, 3.8) is 0 Å². The van der Waals surface area contributed by atoms with Crippen LogP contribution in [0.25, 0.3) is 0 Å². The van der Waals surface area contributed by atoms with Crippen LogP contribution in [0.3, 0.4) is 0 Å². The molecule has 0 aliphatic rings. The maximum Gasteiger partial charge on any atom is -0.0127 e. The van der Waals surface area contributed by atoms with Crippen LogP contribution in [0.1, 0.15) is 91.9 Å². The van der Waals surface area contributed by atoms with Gasteiger partial charge in [0, 0.05) is 0 Å². The molecule has 0 bridgehead atoms. The standard InChI is InChI=1S/C16H35P.BrH/c1-5-9-10-11-12-13-14-15(6-2)16(17,7-3)8-4;/h15H,5-14,17H2,1-4H3;1H. The SMILES string of the molecule is Br.CCCCCCCCC(CC)C(P)(CC)CC. The van der Waals surface area contributed by atoms with Crippen LogP contribution in [0.2, 0.25) is 0 Å². The summed E-state index contributed by atoms with van der Waals surface area (Å²) in [5, 5.41) is 0.512. The van der Waals surface area contributed by atoms with Crippen molar-refractivity contribution in [3.8, 4) is 0 Å². The quantitative estimate of drug-likeness (QED) is 0.288. The lowest BCUT2D eigenvalue weighted by Crippen LogP contribution is -2.29. The molecule has 0 aromatic rings. The van der Waals surface area contributed by atoms with E-state index in [-0.39, 0.29) is 17.0 Å². The van der Waals surface area contributed by atoms with E-state index >= 15 is 0 Å². The fourth-order valence-electron chi connectivity index (χ4n) is 2.90. The van der Waals surface area contributed by atoms with Crippen molar-refractivity contribution in [1.82, 2.24) is 0 Å². The van der Waals surface area contributed by atoms with Crippen LogP contribution in [0.15, 0.2) is 0 Å². The van der Waals surface area contributed by atoms with Gasteiger partial charge in [-0.05, 0) is 30.3 Å². The van der Waals surface area contributed by atoms with Gasteiger partial charge in [-0.25, -0.2) is 0 Å². The van der Waals surface area contributed by atoms with Gasteiger partial charge < -0.3 is 0 Å². The van der Waals surface area contributed by atoms with E-state index in [1.165, 1.54) is 64.2 Å². The van der Waals surface area contributed by atoms with Gasteiger partial charge in [0.2, 0.25) is 0 Å². The minimum Gasteiger partial charge on any atom is -0.131 e. The first kappa shape index (κ1) is 21.2. The molecule has 0 saturated heterocycles. The third-order valence-electron chi connectivity index (χ3n) is 4.53. The van der Waals surface area contributed by atoms with Gasteiger partial charge in [-0.1, -0.05) is 72.6 Å². The highest BCUT2D eigenvalue weighted by Crippen LogP contribution is 2.39. The lowest BCUT2D eigenvalue weighted by atomic mass is 9.81. The average Bonchev–Trinajstić information content (AvgIpc) is 2.37. The molecule has 0 aromatic carbocycles. The van der Waals surface area contributed by atoms with Crippen LogP contribution in [0.5, 0.6) is 0 Å². The van der Waals surface area contributed by atoms with Crippen LogP contribution < -0.4 is 0 Å². The van der Waals surface area contributed by atoms with Gasteiger partial charge >= 0.3 is 0 Å². The lowest BCUT2D eigenvalue weighted by Gasteiger charge is -2.36. The second-order valence-corrected chi connectivity index (χ2v) is 6.75. The van der Waals surface area contributed by atoms with Crippen LogP contribution in [-0.4, -0.2) is 5.16 Å². The molecular weight excluding hydrogens is 303 g/mol. The zero-order chi connectivity index (χ0) is 13.1. The second kappa shape index (κ2) is 12.9. The van der Waals surface area contributed by atoms with Gasteiger partial charge in [0.15, 0.2) is 0 Å². The molecule has 0 rings (SSSR count). The van der Waals surface area contributed by atoms with E-state index in [1.807, 2.05) is 0 Å². The maximum absolute atomic E-state index is 3.17. The van der Waals surface area contributed by atoms with E-state index in [4.69, 9.17) is 0 Å². The van der Waals surface area contributed by atoms with E-state index in [0.29, 0.717) is 5.16 Å². The highest BCUT2D eigenvalue weighted by atomic mass is 79.9. The summed E-state index contributed by atoms with van der Waals surface area (Å²) in [6.45, 7) is 9.35. The van der Waals surface area contributed by atoms with Gasteiger partial charge in [-0.15, -0.1) is 26.2 Å². The van der Waals surface area contributed by atoms with Crippen LogP contribution >= 0.6 is 26.2 Å². The molecule has 0 heterocycles. The predicted molar refractivity (Wildman–Crippen MR) is 95.1 cm³/mol. The molecule has 18 heavy (non-hydrogen) atoms. The summed E-state index contributed by atoms with van der Waals surface area (Å²) >= 11 is 0. The van der Waals surface area contributed by atoms with E-state index in [1.54, 1.807) is 0 Å². The average molecular weight is 339 g/mol.